The van der Waals surface area contributed by atoms with Crippen LogP contribution in [0.2, 0.25) is 5.02 Å². The first-order valence-corrected chi connectivity index (χ1v) is 7.29. The van der Waals surface area contributed by atoms with E-state index >= 15 is 0 Å². The highest BCUT2D eigenvalue weighted by Crippen LogP contribution is 2.36. The van der Waals surface area contributed by atoms with Crippen molar-refractivity contribution in [3.05, 3.63) is 41.0 Å². The third-order valence-electron chi connectivity index (χ3n) is 2.73. The van der Waals surface area contributed by atoms with E-state index in [1.165, 1.54) is 4.90 Å². The highest BCUT2D eigenvalue weighted by atomic mass is 35.5. The van der Waals surface area contributed by atoms with Crippen molar-refractivity contribution in [3.8, 4) is 11.6 Å². The highest BCUT2D eigenvalue weighted by Gasteiger charge is 2.33. The SMILES string of the molecule is CN(C)C(=O)Nc1ccc(Oc2cc(Cl)c(C(F)(F)Cl)nn2)cc1. The number of nitrogens with zero attached hydrogens (tertiary/aromatic N) is 3. The van der Waals surface area contributed by atoms with Crippen LogP contribution in [0.4, 0.5) is 19.3 Å². The number of hydrogen-bond acceptors (Lipinski definition) is 4. The molecule has 0 spiro atoms. The van der Waals surface area contributed by atoms with E-state index < -0.39 is 11.1 Å². The van der Waals surface area contributed by atoms with Gasteiger partial charge in [-0.05, 0) is 35.9 Å². The number of anilines is 1. The van der Waals surface area contributed by atoms with Gasteiger partial charge in [-0.15, -0.1) is 10.2 Å². The number of halogens is 4. The van der Waals surface area contributed by atoms with E-state index in [-0.39, 0.29) is 16.9 Å². The predicted octanol–water partition coefficient (Wildman–Crippen LogP) is 4.30. The lowest BCUT2D eigenvalue weighted by atomic mass is 10.3. The predicted molar refractivity (Wildman–Crippen MR) is 86.0 cm³/mol. The standard InChI is InChI=1S/C14H12Cl2F2N4O2/c1-22(2)13(23)19-8-3-5-9(6-4-8)24-11-7-10(15)12(21-20-11)14(16,17)18/h3-7H,1-2H3,(H,19,23). The maximum Gasteiger partial charge on any atom is 0.368 e. The number of benzene rings is 1. The van der Waals surface area contributed by atoms with Crippen LogP contribution in [0.25, 0.3) is 0 Å². The zero-order valence-electron chi connectivity index (χ0n) is 12.6. The van der Waals surface area contributed by atoms with Crippen molar-refractivity contribution >= 4 is 34.9 Å². The molecule has 0 aliphatic carbocycles. The number of hydrogen-bond donors (Lipinski definition) is 1. The minimum atomic E-state index is -3.71. The second-order valence-electron chi connectivity index (χ2n) is 4.83. The monoisotopic (exact) mass is 376 g/mol. The fourth-order valence-corrected chi connectivity index (χ4v) is 1.99. The van der Waals surface area contributed by atoms with Crippen molar-refractivity contribution < 1.29 is 18.3 Å². The molecule has 0 bridgehead atoms. The number of carbonyl (C=O) groups excluding carboxylic acids is 1. The molecule has 1 N–H and O–H groups in total. The summed E-state index contributed by atoms with van der Waals surface area (Å²) in [5.74, 6) is 0.281. The van der Waals surface area contributed by atoms with E-state index in [1.54, 1.807) is 38.4 Å². The van der Waals surface area contributed by atoms with Gasteiger partial charge in [0.05, 0.1) is 5.02 Å². The molecule has 0 saturated carbocycles. The second-order valence-corrected chi connectivity index (χ2v) is 5.71. The van der Waals surface area contributed by atoms with Crippen LogP contribution >= 0.6 is 23.2 Å². The van der Waals surface area contributed by atoms with Crippen LogP contribution in [0, 0.1) is 0 Å². The van der Waals surface area contributed by atoms with E-state index in [4.69, 9.17) is 27.9 Å². The van der Waals surface area contributed by atoms with Crippen LogP contribution in [0.3, 0.4) is 0 Å². The first-order chi connectivity index (χ1) is 11.2. The number of nitrogens with one attached hydrogen (secondary N) is 1. The Balaban J connectivity index is 2.09. The molecule has 0 aliphatic rings. The first-order valence-electron chi connectivity index (χ1n) is 6.53. The van der Waals surface area contributed by atoms with Crippen LogP contribution < -0.4 is 10.1 Å². The smallest absolute Gasteiger partial charge is 0.368 e. The van der Waals surface area contributed by atoms with Gasteiger partial charge in [0.15, 0.2) is 5.69 Å². The molecule has 24 heavy (non-hydrogen) atoms. The van der Waals surface area contributed by atoms with Gasteiger partial charge in [-0.25, -0.2) is 4.79 Å². The molecule has 1 aromatic carbocycles. The van der Waals surface area contributed by atoms with Gasteiger partial charge < -0.3 is 15.0 Å². The van der Waals surface area contributed by atoms with Crippen LogP contribution in [0.1, 0.15) is 5.69 Å². The van der Waals surface area contributed by atoms with Gasteiger partial charge in [0.2, 0.25) is 5.88 Å². The lowest BCUT2D eigenvalue weighted by molar-refractivity contribution is 0.0888. The van der Waals surface area contributed by atoms with Crippen LogP contribution in [-0.2, 0) is 5.38 Å². The number of ether oxygens (including phenoxy) is 1. The number of amides is 2. The fraction of sp³-hybridized carbons (Fsp3) is 0.214. The Morgan fingerprint density at radius 3 is 2.38 bits per heavy atom. The summed E-state index contributed by atoms with van der Waals surface area (Å²) in [6, 6.07) is 7.14. The van der Waals surface area contributed by atoms with Gasteiger partial charge in [0, 0.05) is 25.8 Å². The summed E-state index contributed by atoms with van der Waals surface area (Å²) in [5.41, 5.74) is -0.290. The molecule has 1 aromatic heterocycles. The third-order valence-corrected chi connectivity index (χ3v) is 3.19. The van der Waals surface area contributed by atoms with Gasteiger partial charge in [-0.2, -0.15) is 8.78 Å². The lowest BCUT2D eigenvalue weighted by Gasteiger charge is -2.12. The van der Waals surface area contributed by atoms with Gasteiger partial charge >= 0.3 is 11.4 Å². The Hall–Kier alpha value is -2.19. The maximum absolute atomic E-state index is 13.0. The molecule has 0 aliphatic heterocycles. The third kappa shape index (κ3) is 4.65. The fourth-order valence-electron chi connectivity index (χ4n) is 1.56. The number of alkyl halides is 3. The zero-order chi connectivity index (χ0) is 17.9. The van der Waals surface area contributed by atoms with Crippen molar-refractivity contribution in [2.45, 2.75) is 5.38 Å². The van der Waals surface area contributed by atoms with Crippen LogP contribution in [0.5, 0.6) is 11.6 Å². The van der Waals surface area contributed by atoms with Crippen molar-refractivity contribution in [2.75, 3.05) is 19.4 Å². The number of aromatic nitrogens is 2. The summed E-state index contributed by atoms with van der Waals surface area (Å²) in [5, 5.41) is 5.34. The molecule has 6 nitrogen and oxygen atoms in total. The van der Waals surface area contributed by atoms with Gasteiger partial charge in [-0.1, -0.05) is 11.6 Å². The van der Waals surface area contributed by atoms with Crippen LogP contribution in [-0.4, -0.2) is 35.2 Å². The summed E-state index contributed by atoms with van der Waals surface area (Å²) in [6.07, 6.45) is 0. The molecule has 2 amide bonds. The van der Waals surface area contributed by atoms with E-state index in [0.29, 0.717) is 11.4 Å². The topological polar surface area (TPSA) is 67.4 Å². The summed E-state index contributed by atoms with van der Waals surface area (Å²) in [6.45, 7) is 0. The molecular weight excluding hydrogens is 365 g/mol. The molecule has 128 valence electrons. The summed E-state index contributed by atoms with van der Waals surface area (Å²) in [7, 11) is 3.23. The first kappa shape index (κ1) is 18.2. The van der Waals surface area contributed by atoms with Gasteiger partial charge in [-0.3, -0.25) is 0 Å². The molecule has 2 aromatic rings. The number of urea groups is 1. The Morgan fingerprint density at radius 2 is 1.88 bits per heavy atom. The average molecular weight is 377 g/mol. The molecule has 0 saturated heterocycles. The molecule has 0 atom stereocenters. The summed E-state index contributed by atoms with van der Waals surface area (Å²) >= 11 is 10.6. The molecule has 2 rings (SSSR count). The maximum atomic E-state index is 13.0. The number of rotatable bonds is 4. The van der Waals surface area contributed by atoms with E-state index in [1.807, 2.05) is 0 Å². The normalized spacial score (nSPS) is 11.1. The molecule has 10 heteroatoms. The summed E-state index contributed by atoms with van der Waals surface area (Å²) < 4.78 is 31.3. The highest BCUT2D eigenvalue weighted by molar-refractivity contribution is 6.32. The Morgan fingerprint density at radius 1 is 1.25 bits per heavy atom. The second kappa shape index (κ2) is 7.14. The summed E-state index contributed by atoms with van der Waals surface area (Å²) in [4.78, 5) is 12.9. The Labute approximate surface area is 146 Å². The van der Waals surface area contributed by atoms with Crippen molar-refractivity contribution in [3.63, 3.8) is 0 Å². The van der Waals surface area contributed by atoms with E-state index in [2.05, 4.69) is 15.5 Å². The largest absolute Gasteiger partial charge is 0.437 e. The van der Waals surface area contributed by atoms with Gasteiger partial charge in [0.1, 0.15) is 5.75 Å². The Bertz CT molecular complexity index is 737. The van der Waals surface area contributed by atoms with E-state index in [9.17, 15) is 13.6 Å². The lowest BCUT2D eigenvalue weighted by Crippen LogP contribution is -2.27. The van der Waals surface area contributed by atoms with Crippen molar-refractivity contribution in [1.29, 1.82) is 0 Å². The minimum Gasteiger partial charge on any atom is -0.437 e. The molecule has 0 radical (unpaired) electrons. The minimum absolute atomic E-state index is 0.0743. The number of carbonyl (C=O) groups is 1. The quantitative estimate of drug-likeness (QED) is 0.807. The Kier molecular flexibility index (Phi) is 5.40. The molecule has 1 heterocycles. The molecule has 0 unspecified atom stereocenters. The molecule has 0 fully saturated rings. The van der Waals surface area contributed by atoms with Gasteiger partial charge in [0.25, 0.3) is 0 Å². The zero-order valence-corrected chi connectivity index (χ0v) is 14.1. The average Bonchev–Trinajstić information content (AvgIpc) is 2.48. The van der Waals surface area contributed by atoms with Crippen molar-refractivity contribution in [1.82, 2.24) is 15.1 Å². The van der Waals surface area contributed by atoms with Crippen LogP contribution in [0.15, 0.2) is 30.3 Å². The van der Waals surface area contributed by atoms with E-state index in [0.717, 1.165) is 6.07 Å². The van der Waals surface area contributed by atoms with Crippen molar-refractivity contribution in [2.24, 2.45) is 0 Å². The molecular formula is C14H12Cl2F2N4O2.